The third-order valence-corrected chi connectivity index (χ3v) is 3.32. The summed E-state index contributed by atoms with van der Waals surface area (Å²) in [7, 11) is 1.59. The number of anilines is 1. The van der Waals surface area contributed by atoms with Gasteiger partial charge < -0.3 is 10.7 Å². The molecule has 0 amide bonds. The minimum atomic E-state index is -0.484. The fraction of sp³-hybridized carbons (Fsp3) is 0.222. The van der Waals surface area contributed by atoms with E-state index in [2.05, 4.69) is 15.0 Å². The van der Waals surface area contributed by atoms with Gasteiger partial charge in [-0.2, -0.15) is 14.2 Å². The van der Waals surface area contributed by atoms with Gasteiger partial charge in [-0.1, -0.05) is 0 Å². The quantitative estimate of drug-likeness (QED) is 0.571. The molecule has 0 spiro atoms. The predicted molar refractivity (Wildman–Crippen MR) is 63.1 cm³/mol. The Labute approximate surface area is 94.4 Å². The smallest absolute Gasteiger partial charge is 0.381 e. The molecule has 0 aromatic carbocycles. The first-order chi connectivity index (χ1) is 7.61. The van der Waals surface area contributed by atoms with Crippen molar-refractivity contribution >= 4 is 27.9 Å². The van der Waals surface area contributed by atoms with Crippen molar-refractivity contribution in [3.05, 3.63) is 22.6 Å². The number of nitrogen functional groups attached to an aromatic ring is 1. The van der Waals surface area contributed by atoms with Gasteiger partial charge in [-0.3, -0.25) is 4.79 Å². The van der Waals surface area contributed by atoms with Crippen LogP contribution in [0.4, 0.5) is 5.69 Å². The lowest BCUT2D eigenvalue weighted by atomic mass is 10.3. The minimum Gasteiger partial charge on any atom is -0.394 e. The second-order valence-corrected chi connectivity index (χ2v) is 4.74. The Hall–Kier alpha value is -1.60. The highest BCUT2D eigenvalue weighted by molar-refractivity contribution is 7.91. The van der Waals surface area contributed by atoms with Crippen molar-refractivity contribution < 1.29 is 4.18 Å². The van der Waals surface area contributed by atoms with Crippen LogP contribution >= 0.6 is 0 Å². The average Bonchev–Trinajstić information content (AvgIpc) is 2.29. The fourth-order valence-corrected chi connectivity index (χ4v) is 1.78. The second-order valence-electron chi connectivity index (χ2n) is 3.13. The van der Waals surface area contributed by atoms with E-state index in [-0.39, 0.29) is 11.2 Å². The van der Waals surface area contributed by atoms with Crippen LogP contribution in [0.2, 0.25) is 0 Å². The third kappa shape index (κ3) is 1.86. The zero-order valence-corrected chi connectivity index (χ0v) is 9.67. The minimum absolute atomic E-state index is 0.158. The predicted octanol–water partition coefficient (Wildman–Crippen LogP) is 0.0687. The molecule has 0 saturated heterocycles. The first-order valence-electron chi connectivity index (χ1n) is 4.48. The molecule has 0 saturated carbocycles. The van der Waals surface area contributed by atoms with E-state index in [1.165, 1.54) is 0 Å². The maximum Gasteiger partial charge on any atom is 0.381 e. The molecule has 0 aliphatic heterocycles. The number of hydrogen-bond donors (Lipinski definition) is 2. The molecule has 3 N–H and O–H groups in total. The van der Waals surface area contributed by atoms with Crippen LogP contribution in [0.3, 0.4) is 0 Å². The molecule has 16 heavy (non-hydrogen) atoms. The van der Waals surface area contributed by atoms with Crippen LogP contribution in [0, 0.1) is 0 Å². The van der Waals surface area contributed by atoms with Gasteiger partial charge in [-0.15, -0.1) is 0 Å². The summed E-state index contributed by atoms with van der Waals surface area (Å²) >= 11 is -0.484. The Morgan fingerprint density at radius 1 is 1.56 bits per heavy atom. The van der Waals surface area contributed by atoms with Crippen LogP contribution in [-0.2, 0) is 15.4 Å². The molecule has 6 nitrogen and oxygen atoms in total. The molecule has 0 fully saturated rings. The summed E-state index contributed by atoms with van der Waals surface area (Å²) < 4.78 is 5.13. The maximum absolute atomic E-state index is 11.3. The Kier molecular flexibility index (Phi) is 2.80. The summed E-state index contributed by atoms with van der Waals surface area (Å²) in [5.41, 5.74) is 5.78. The largest absolute Gasteiger partial charge is 0.394 e. The number of hydrogen-bond acceptors (Lipinski definition) is 5. The molecule has 1 atom stereocenters. The zero-order chi connectivity index (χ0) is 11.7. The SMILES string of the molecule is CO[S+](C)c1ncc2cc(N)c(=O)[nH]c2n1. The summed E-state index contributed by atoms with van der Waals surface area (Å²) in [5, 5.41) is 1.25. The van der Waals surface area contributed by atoms with Crippen LogP contribution in [-0.4, -0.2) is 28.3 Å². The molecule has 2 aromatic heterocycles. The normalized spacial score (nSPS) is 12.9. The monoisotopic (exact) mass is 239 g/mol. The molecule has 0 bridgehead atoms. The van der Waals surface area contributed by atoms with E-state index in [0.29, 0.717) is 16.2 Å². The van der Waals surface area contributed by atoms with Gasteiger partial charge in [0.15, 0.2) is 0 Å². The number of aromatic nitrogens is 3. The highest BCUT2D eigenvalue weighted by atomic mass is 32.2. The van der Waals surface area contributed by atoms with E-state index >= 15 is 0 Å². The Bertz CT molecular complexity index is 583. The van der Waals surface area contributed by atoms with Gasteiger partial charge >= 0.3 is 5.16 Å². The van der Waals surface area contributed by atoms with Crippen molar-refractivity contribution in [3.8, 4) is 0 Å². The van der Waals surface area contributed by atoms with Crippen LogP contribution in [0.5, 0.6) is 0 Å². The van der Waals surface area contributed by atoms with Crippen LogP contribution in [0.1, 0.15) is 0 Å². The molecule has 2 aromatic rings. The first-order valence-corrected chi connectivity index (χ1v) is 6.03. The fourth-order valence-electron chi connectivity index (χ4n) is 1.21. The number of nitrogens with two attached hydrogens (primary N) is 1. The second kappa shape index (κ2) is 4.11. The van der Waals surface area contributed by atoms with E-state index < -0.39 is 11.2 Å². The summed E-state index contributed by atoms with van der Waals surface area (Å²) in [6.45, 7) is 0. The molecule has 0 aliphatic carbocycles. The molecule has 0 radical (unpaired) electrons. The first kappa shape index (κ1) is 10.9. The Morgan fingerprint density at radius 2 is 2.31 bits per heavy atom. The summed E-state index contributed by atoms with van der Waals surface area (Å²) in [4.78, 5) is 22.3. The number of nitrogens with zero attached hydrogens (tertiary/aromatic N) is 2. The standard InChI is InChI=1S/C9H10N4O2S/c1-15-16(2)9-11-4-5-3-6(10)8(14)12-7(5)13-9/h3-4H,10H2,1-2H3/p+1. The molecule has 7 heteroatoms. The highest BCUT2D eigenvalue weighted by Crippen LogP contribution is 2.12. The number of aromatic amines is 1. The molecule has 84 valence electrons. The van der Waals surface area contributed by atoms with Crippen molar-refractivity contribution in [1.29, 1.82) is 0 Å². The van der Waals surface area contributed by atoms with Gasteiger partial charge in [0.1, 0.15) is 11.9 Å². The van der Waals surface area contributed by atoms with Crippen molar-refractivity contribution in [1.82, 2.24) is 15.0 Å². The van der Waals surface area contributed by atoms with Gasteiger partial charge in [-0.25, -0.2) is 0 Å². The Balaban J connectivity index is 2.62. The van der Waals surface area contributed by atoms with Crippen molar-refractivity contribution in [2.24, 2.45) is 0 Å². The van der Waals surface area contributed by atoms with Crippen molar-refractivity contribution in [2.45, 2.75) is 5.16 Å². The van der Waals surface area contributed by atoms with Crippen LogP contribution in [0.25, 0.3) is 11.0 Å². The van der Waals surface area contributed by atoms with Gasteiger partial charge in [0.2, 0.25) is 11.2 Å². The lowest BCUT2D eigenvalue weighted by molar-refractivity contribution is 0.471. The van der Waals surface area contributed by atoms with E-state index in [4.69, 9.17) is 9.92 Å². The summed E-state index contributed by atoms with van der Waals surface area (Å²) in [6, 6.07) is 1.55. The molecule has 0 aliphatic rings. The molecular weight excluding hydrogens is 228 g/mol. The van der Waals surface area contributed by atoms with Gasteiger partial charge in [0, 0.05) is 11.6 Å². The average molecular weight is 239 g/mol. The molecular formula is C9H11N4O2S+. The number of H-pyrrole nitrogens is 1. The van der Waals surface area contributed by atoms with E-state index in [1.54, 1.807) is 19.4 Å². The number of pyridine rings is 1. The third-order valence-electron chi connectivity index (χ3n) is 2.11. The van der Waals surface area contributed by atoms with E-state index in [9.17, 15) is 4.79 Å². The van der Waals surface area contributed by atoms with Gasteiger partial charge in [-0.05, 0) is 6.07 Å². The lowest BCUT2D eigenvalue weighted by Gasteiger charge is -1.99. The number of fused-ring (bicyclic) bond motifs is 1. The van der Waals surface area contributed by atoms with Crippen LogP contribution < -0.4 is 11.3 Å². The number of rotatable bonds is 2. The van der Waals surface area contributed by atoms with Crippen molar-refractivity contribution in [3.63, 3.8) is 0 Å². The topological polar surface area (TPSA) is 93.9 Å². The molecule has 1 unspecified atom stereocenters. The highest BCUT2D eigenvalue weighted by Gasteiger charge is 2.20. The van der Waals surface area contributed by atoms with E-state index in [1.807, 2.05) is 6.26 Å². The van der Waals surface area contributed by atoms with Crippen LogP contribution in [0.15, 0.2) is 22.2 Å². The molecule has 2 rings (SSSR count). The van der Waals surface area contributed by atoms with Gasteiger partial charge in [0.25, 0.3) is 5.56 Å². The lowest BCUT2D eigenvalue weighted by Crippen LogP contribution is -2.13. The van der Waals surface area contributed by atoms with E-state index in [0.717, 1.165) is 0 Å². The Morgan fingerprint density at radius 3 is 3.00 bits per heavy atom. The zero-order valence-electron chi connectivity index (χ0n) is 8.85. The summed E-state index contributed by atoms with van der Waals surface area (Å²) in [6.07, 6.45) is 3.48. The number of nitrogens with one attached hydrogen (secondary N) is 1. The summed E-state index contributed by atoms with van der Waals surface area (Å²) in [5.74, 6) is 0. The van der Waals surface area contributed by atoms with Gasteiger partial charge in [0.05, 0.1) is 12.8 Å². The van der Waals surface area contributed by atoms with Crippen molar-refractivity contribution in [2.75, 3.05) is 19.1 Å². The maximum atomic E-state index is 11.3. The molecule has 2 heterocycles.